The summed E-state index contributed by atoms with van der Waals surface area (Å²) in [7, 11) is 0. The van der Waals surface area contributed by atoms with Gasteiger partial charge in [-0.25, -0.2) is 14.1 Å². The molecule has 37 heavy (non-hydrogen) atoms. The van der Waals surface area contributed by atoms with Crippen LogP contribution in [0.15, 0.2) is 88.9 Å². The molecule has 0 saturated carbocycles. The lowest BCUT2D eigenvalue weighted by Gasteiger charge is -2.26. The molecular weight excluding hydrogens is 539 g/mol. The fourth-order valence-electron chi connectivity index (χ4n) is 4.19. The highest BCUT2D eigenvalue weighted by molar-refractivity contribution is 9.10. The van der Waals surface area contributed by atoms with E-state index >= 15 is 0 Å². The second kappa shape index (κ2) is 9.99. The maximum atomic E-state index is 14.3. The van der Waals surface area contributed by atoms with Gasteiger partial charge in [0.05, 0.1) is 10.2 Å². The number of nitrogens with zero attached hydrogens (tertiary/aromatic N) is 1. The highest BCUT2D eigenvalue weighted by Crippen LogP contribution is 2.31. The first-order valence-corrected chi connectivity index (χ1v) is 12.2. The number of hydrogen-bond donors (Lipinski definition) is 1. The minimum absolute atomic E-state index is 0.239. The molecule has 6 nitrogen and oxygen atoms in total. The molecule has 1 aliphatic rings. The van der Waals surface area contributed by atoms with Crippen LogP contribution in [-0.2, 0) is 16.2 Å². The quantitative estimate of drug-likeness (QED) is 0.230. The number of amides is 4. The normalized spacial score (nSPS) is 14.8. The zero-order valence-corrected chi connectivity index (χ0v) is 21.2. The van der Waals surface area contributed by atoms with Gasteiger partial charge in [-0.1, -0.05) is 54.6 Å². The zero-order chi connectivity index (χ0) is 26.1. The van der Waals surface area contributed by atoms with Crippen LogP contribution in [0.25, 0.3) is 16.8 Å². The third-order valence-electron chi connectivity index (χ3n) is 6.11. The van der Waals surface area contributed by atoms with E-state index < -0.39 is 23.7 Å². The van der Waals surface area contributed by atoms with Crippen molar-refractivity contribution in [1.29, 1.82) is 0 Å². The maximum Gasteiger partial charge on any atom is 0.336 e. The standard InChI is InChI=1S/C29H20BrFN2O4/c1-17-10-12-19-6-2-3-7-20(19)22(17)16-37-26-13-11-18(15-23(26)30)14-21-27(34)32-29(36)33(28(21)35)25-9-5-4-8-24(25)31/h2-15H,16H2,1H3,(H,32,34,36)/b21-14-. The van der Waals surface area contributed by atoms with Gasteiger partial charge in [-0.15, -0.1) is 0 Å². The Balaban J connectivity index is 1.40. The third kappa shape index (κ3) is 4.75. The molecular formula is C29H20BrFN2O4. The second-order valence-corrected chi connectivity index (χ2v) is 9.32. The molecule has 0 unspecified atom stereocenters. The summed E-state index contributed by atoms with van der Waals surface area (Å²) in [5.41, 5.74) is 2.18. The summed E-state index contributed by atoms with van der Waals surface area (Å²) in [4.78, 5) is 38.4. The van der Waals surface area contributed by atoms with Gasteiger partial charge in [0.1, 0.15) is 23.7 Å². The molecule has 0 radical (unpaired) electrons. The van der Waals surface area contributed by atoms with Gasteiger partial charge in [-0.05, 0) is 75.1 Å². The van der Waals surface area contributed by atoms with Crippen LogP contribution in [0.2, 0.25) is 0 Å². The number of barbiturate groups is 1. The van der Waals surface area contributed by atoms with Crippen molar-refractivity contribution in [2.24, 2.45) is 0 Å². The number of urea groups is 1. The maximum absolute atomic E-state index is 14.3. The minimum atomic E-state index is -1.01. The average Bonchev–Trinajstić information content (AvgIpc) is 2.88. The van der Waals surface area contributed by atoms with Crippen LogP contribution in [0, 0.1) is 12.7 Å². The van der Waals surface area contributed by atoms with E-state index in [1.54, 1.807) is 18.2 Å². The molecule has 4 amide bonds. The number of carbonyl (C=O) groups is 3. The van der Waals surface area contributed by atoms with Gasteiger partial charge in [0.2, 0.25) is 0 Å². The molecule has 1 N–H and O–H groups in total. The van der Waals surface area contributed by atoms with Crippen LogP contribution >= 0.6 is 15.9 Å². The van der Waals surface area contributed by atoms with Crippen molar-refractivity contribution in [2.75, 3.05) is 4.90 Å². The molecule has 184 valence electrons. The molecule has 0 bridgehead atoms. The SMILES string of the molecule is Cc1ccc2ccccc2c1COc1ccc(/C=C2/C(=O)NC(=O)N(c3ccccc3F)C2=O)cc1Br. The number of nitrogens with one attached hydrogen (secondary N) is 1. The van der Waals surface area contributed by atoms with E-state index in [2.05, 4.69) is 45.5 Å². The Labute approximate surface area is 220 Å². The third-order valence-corrected chi connectivity index (χ3v) is 6.73. The fraction of sp³-hybridized carbons (Fsp3) is 0.0690. The predicted molar refractivity (Wildman–Crippen MR) is 143 cm³/mol. The smallest absolute Gasteiger partial charge is 0.336 e. The van der Waals surface area contributed by atoms with Crippen molar-refractivity contribution in [3.63, 3.8) is 0 Å². The highest BCUT2D eigenvalue weighted by atomic mass is 79.9. The van der Waals surface area contributed by atoms with Gasteiger partial charge < -0.3 is 4.74 Å². The first kappa shape index (κ1) is 24.4. The van der Waals surface area contributed by atoms with E-state index in [1.807, 2.05) is 19.1 Å². The van der Waals surface area contributed by atoms with Crippen LogP contribution in [0.5, 0.6) is 5.75 Å². The number of halogens is 2. The van der Waals surface area contributed by atoms with E-state index in [-0.39, 0.29) is 11.3 Å². The Hall–Kier alpha value is -4.30. The van der Waals surface area contributed by atoms with Crippen molar-refractivity contribution >= 4 is 56.3 Å². The van der Waals surface area contributed by atoms with Crippen LogP contribution in [0.1, 0.15) is 16.7 Å². The number of anilines is 1. The number of imide groups is 2. The lowest BCUT2D eigenvalue weighted by molar-refractivity contribution is -0.122. The summed E-state index contributed by atoms with van der Waals surface area (Å²) < 4.78 is 21.0. The lowest BCUT2D eigenvalue weighted by atomic mass is 10.0. The minimum Gasteiger partial charge on any atom is -0.488 e. The molecule has 1 heterocycles. The Morgan fingerprint density at radius 3 is 2.51 bits per heavy atom. The van der Waals surface area contributed by atoms with Gasteiger partial charge in [0.15, 0.2) is 0 Å². The molecule has 8 heteroatoms. The summed E-state index contributed by atoms with van der Waals surface area (Å²) in [6, 6.07) is 21.7. The van der Waals surface area contributed by atoms with Crippen molar-refractivity contribution in [2.45, 2.75) is 13.5 Å². The number of rotatable bonds is 5. The van der Waals surface area contributed by atoms with Crippen molar-refractivity contribution in [3.8, 4) is 5.75 Å². The van der Waals surface area contributed by atoms with E-state index in [4.69, 9.17) is 4.74 Å². The molecule has 1 fully saturated rings. The molecule has 1 saturated heterocycles. The number of fused-ring (bicyclic) bond motifs is 1. The highest BCUT2D eigenvalue weighted by Gasteiger charge is 2.37. The predicted octanol–water partition coefficient (Wildman–Crippen LogP) is 6.30. The van der Waals surface area contributed by atoms with Gasteiger partial charge in [0, 0.05) is 5.56 Å². The molecule has 4 aromatic rings. The van der Waals surface area contributed by atoms with E-state index in [0.717, 1.165) is 28.0 Å². The van der Waals surface area contributed by atoms with Gasteiger partial charge in [0.25, 0.3) is 11.8 Å². The van der Waals surface area contributed by atoms with Crippen LogP contribution in [0.4, 0.5) is 14.9 Å². The Kier molecular flexibility index (Phi) is 6.58. The Morgan fingerprint density at radius 2 is 1.73 bits per heavy atom. The number of carbonyl (C=O) groups excluding carboxylic acids is 3. The molecule has 1 aliphatic heterocycles. The van der Waals surface area contributed by atoms with Crippen molar-refractivity contribution in [1.82, 2.24) is 5.32 Å². The Bertz CT molecular complexity index is 1620. The molecule has 0 atom stereocenters. The summed E-state index contributed by atoms with van der Waals surface area (Å²) in [6.45, 7) is 2.39. The van der Waals surface area contributed by atoms with Crippen LogP contribution in [-0.4, -0.2) is 17.8 Å². The summed E-state index contributed by atoms with van der Waals surface area (Å²) in [5, 5.41) is 4.35. The van der Waals surface area contributed by atoms with E-state index in [0.29, 0.717) is 27.3 Å². The van der Waals surface area contributed by atoms with Gasteiger partial charge >= 0.3 is 6.03 Å². The number of para-hydroxylation sites is 1. The second-order valence-electron chi connectivity index (χ2n) is 8.47. The average molecular weight is 559 g/mol. The van der Waals surface area contributed by atoms with Gasteiger partial charge in [-0.2, -0.15) is 0 Å². The molecule has 5 rings (SSSR count). The molecule has 0 spiro atoms. The van der Waals surface area contributed by atoms with Crippen LogP contribution < -0.4 is 15.0 Å². The largest absolute Gasteiger partial charge is 0.488 e. The lowest BCUT2D eigenvalue weighted by Crippen LogP contribution is -2.54. The van der Waals surface area contributed by atoms with Gasteiger partial charge in [-0.3, -0.25) is 14.9 Å². The first-order chi connectivity index (χ1) is 17.8. The topological polar surface area (TPSA) is 75.7 Å². The van der Waals surface area contributed by atoms with E-state index in [9.17, 15) is 18.8 Å². The molecule has 0 aliphatic carbocycles. The molecule has 4 aromatic carbocycles. The first-order valence-electron chi connectivity index (χ1n) is 11.4. The zero-order valence-electron chi connectivity index (χ0n) is 19.6. The summed E-state index contributed by atoms with van der Waals surface area (Å²) in [6.07, 6.45) is 1.35. The Morgan fingerprint density at radius 1 is 0.973 bits per heavy atom. The summed E-state index contributed by atoms with van der Waals surface area (Å²) in [5.74, 6) is -1.95. The molecule has 0 aromatic heterocycles. The number of hydrogen-bond acceptors (Lipinski definition) is 4. The number of ether oxygens (including phenoxy) is 1. The monoisotopic (exact) mass is 558 g/mol. The van der Waals surface area contributed by atoms with E-state index in [1.165, 1.54) is 24.3 Å². The fourth-order valence-corrected chi connectivity index (χ4v) is 4.70. The number of benzene rings is 4. The number of aryl methyl sites for hydroxylation is 1. The summed E-state index contributed by atoms with van der Waals surface area (Å²) >= 11 is 3.50. The van der Waals surface area contributed by atoms with Crippen LogP contribution in [0.3, 0.4) is 0 Å². The van der Waals surface area contributed by atoms with Crippen molar-refractivity contribution in [3.05, 3.63) is 111 Å². The van der Waals surface area contributed by atoms with Crippen molar-refractivity contribution < 1.29 is 23.5 Å².